The minimum absolute atomic E-state index is 0.176. The predicted molar refractivity (Wildman–Crippen MR) is 99.4 cm³/mol. The highest BCUT2D eigenvalue weighted by atomic mass is 32.2. The van der Waals surface area contributed by atoms with Gasteiger partial charge in [0.05, 0.1) is 19.1 Å². The van der Waals surface area contributed by atoms with Crippen LogP contribution in [0.1, 0.15) is 19.8 Å². The molecule has 13 heteroatoms. The van der Waals surface area contributed by atoms with Crippen molar-refractivity contribution in [1.29, 1.82) is 0 Å². The van der Waals surface area contributed by atoms with Crippen molar-refractivity contribution in [3.8, 4) is 0 Å². The molecule has 8 N–H and O–H groups in total. The Hall–Kier alpha value is -2.38. The van der Waals surface area contributed by atoms with E-state index in [1.807, 2.05) is 0 Å². The van der Waals surface area contributed by atoms with Crippen molar-refractivity contribution < 1.29 is 39.3 Å². The van der Waals surface area contributed by atoms with Crippen LogP contribution in [0, 0.1) is 0 Å². The lowest BCUT2D eigenvalue weighted by Crippen LogP contribution is -2.58. The molecule has 0 spiro atoms. The Morgan fingerprint density at radius 1 is 0.964 bits per heavy atom. The van der Waals surface area contributed by atoms with E-state index in [9.17, 15) is 29.1 Å². The van der Waals surface area contributed by atoms with E-state index in [0.29, 0.717) is 5.75 Å². The van der Waals surface area contributed by atoms with E-state index < -0.39 is 66.9 Å². The number of hydrogen-bond donors (Lipinski definition) is 7. The molecule has 3 amide bonds. The normalized spacial score (nSPS) is 14.9. The fourth-order valence-electron chi connectivity index (χ4n) is 1.91. The minimum Gasteiger partial charge on any atom is -0.481 e. The van der Waals surface area contributed by atoms with Gasteiger partial charge in [-0.05, 0) is 25.4 Å². The van der Waals surface area contributed by atoms with Gasteiger partial charge in [0.15, 0.2) is 0 Å². The van der Waals surface area contributed by atoms with E-state index in [1.165, 1.54) is 18.7 Å². The van der Waals surface area contributed by atoms with Gasteiger partial charge >= 0.3 is 11.9 Å². The molecule has 160 valence electrons. The highest BCUT2D eigenvalue weighted by Crippen LogP contribution is 2.03. The Kier molecular flexibility index (Phi) is 11.8. The topological polar surface area (TPSA) is 208 Å². The largest absolute Gasteiger partial charge is 0.481 e. The molecule has 0 aromatic rings. The number of rotatable bonds is 13. The van der Waals surface area contributed by atoms with Gasteiger partial charge in [0, 0.05) is 0 Å². The molecule has 0 aliphatic heterocycles. The molecule has 0 rings (SSSR count). The lowest BCUT2D eigenvalue weighted by Gasteiger charge is -2.23. The molecule has 28 heavy (non-hydrogen) atoms. The van der Waals surface area contributed by atoms with Crippen molar-refractivity contribution in [3.63, 3.8) is 0 Å². The molecular formula is C15H26N4O8S. The van der Waals surface area contributed by atoms with Gasteiger partial charge in [0.25, 0.3) is 0 Å². The molecule has 0 heterocycles. The summed E-state index contributed by atoms with van der Waals surface area (Å²) in [7, 11) is 0. The van der Waals surface area contributed by atoms with Crippen molar-refractivity contribution in [1.82, 2.24) is 16.0 Å². The fourth-order valence-corrected chi connectivity index (χ4v) is 2.38. The summed E-state index contributed by atoms with van der Waals surface area (Å²) < 4.78 is 0. The van der Waals surface area contributed by atoms with Crippen molar-refractivity contribution in [2.24, 2.45) is 5.73 Å². The van der Waals surface area contributed by atoms with Crippen LogP contribution in [0.25, 0.3) is 0 Å². The zero-order valence-electron chi connectivity index (χ0n) is 15.5. The number of hydrogen-bond acceptors (Lipinski definition) is 8. The first-order chi connectivity index (χ1) is 13.0. The molecular weight excluding hydrogens is 396 g/mol. The number of amides is 3. The van der Waals surface area contributed by atoms with E-state index in [0.717, 1.165) is 0 Å². The summed E-state index contributed by atoms with van der Waals surface area (Å²) in [6.45, 7) is 0.439. The van der Waals surface area contributed by atoms with Gasteiger partial charge in [-0.1, -0.05) is 0 Å². The number of carboxylic acid groups (broad SMARTS) is 2. The quantitative estimate of drug-likeness (QED) is 0.161. The third-order valence-electron chi connectivity index (χ3n) is 3.52. The maximum atomic E-state index is 12.3. The van der Waals surface area contributed by atoms with E-state index in [-0.39, 0.29) is 6.42 Å². The third-order valence-corrected chi connectivity index (χ3v) is 4.16. The Morgan fingerprint density at radius 3 is 1.96 bits per heavy atom. The van der Waals surface area contributed by atoms with Crippen molar-refractivity contribution in [3.05, 3.63) is 0 Å². The van der Waals surface area contributed by atoms with Crippen LogP contribution in [0.5, 0.6) is 0 Å². The van der Waals surface area contributed by atoms with Crippen LogP contribution in [0.4, 0.5) is 0 Å². The van der Waals surface area contributed by atoms with E-state index in [1.54, 1.807) is 6.26 Å². The molecule has 0 aliphatic rings. The predicted octanol–water partition coefficient (Wildman–Crippen LogP) is -2.91. The highest BCUT2D eigenvalue weighted by Gasteiger charge is 2.29. The maximum Gasteiger partial charge on any atom is 0.325 e. The second kappa shape index (κ2) is 12.9. The number of carbonyl (C=O) groups is 5. The molecule has 0 fully saturated rings. The Bertz CT molecular complexity index is 588. The molecule has 4 unspecified atom stereocenters. The number of aliphatic hydroxyl groups is 1. The summed E-state index contributed by atoms with van der Waals surface area (Å²) >= 11 is 1.40. The number of carboxylic acids is 2. The second-order valence-electron chi connectivity index (χ2n) is 5.86. The zero-order chi connectivity index (χ0) is 21.9. The van der Waals surface area contributed by atoms with E-state index in [2.05, 4.69) is 16.0 Å². The average molecular weight is 422 g/mol. The van der Waals surface area contributed by atoms with Crippen molar-refractivity contribution >= 4 is 41.4 Å². The summed E-state index contributed by atoms with van der Waals surface area (Å²) in [5.41, 5.74) is 5.39. The van der Waals surface area contributed by atoms with Crippen LogP contribution in [-0.2, 0) is 24.0 Å². The number of carbonyl (C=O) groups excluding carboxylic acids is 3. The van der Waals surface area contributed by atoms with Gasteiger partial charge in [0.2, 0.25) is 17.7 Å². The van der Waals surface area contributed by atoms with Crippen LogP contribution >= 0.6 is 11.8 Å². The van der Waals surface area contributed by atoms with Crippen molar-refractivity contribution in [2.45, 2.75) is 43.9 Å². The third kappa shape index (κ3) is 9.53. The number of nitrogens with two attached hydrogens (primary N) is 1. The second-order valence-corrected chi connectivity index (χ2v) is 6.84. The summed E-state index contributed by atoms with van der Waals surface area (Å²) in [4.78, 5) is 57.8. The molecule has 0 saturated heterocycles. The summed E-state index contributed by atoms with van der Waals surface area (Å²) in [6, 6.07) is -5.16. The first-order valence-corrected chi connectivity index (χ1v) is 9.63. The standard InChI is InChI=1S/C15H26N4O8S/c1-7(15(26)27)17-13(24)9(3-4-28-2)18-14(25)10(6-20)19-12(23)8(16)5-11(21)22/h7-10,20H,3-6,16H2,1-2H3,(H,17,24)(H,18,25)(H,19,23)(H,21,22)(H,26,27). The Balaban J connectivity index is 5.04. The van der Waals surface area contributed by atoms with E-state index in [4.69, 9.17) is 15.9 Å². The van der Waals surface area contributed by atoms with Gasteiger partial charge in [-0.2, -0.15) is 11.8 Å². The van der Waals surface area contributed by atoms with Crippen LogP contribution in [0.15, 0.2) is 0 Å². The van der Waals surface area contributed by atoms with Gasteiger partial charge in [-0.25, -0.2) is 0 Å². The number of aliphatic hydroxyl groups excluding tert-OH is 1. The summed E-state index contributed by atoms with van der Waals surface area (Å²) in [5.74, 6) is -4.68. The summed E-state index contributed by atoms with van der Waals surface area (Å²) in [6.07, 6.45) is 1.28. The molecule has 0 saturated carbocycles. The molecule has 0 aromatic heterocycles. The zero-order valence-corrected chi connectivity index (χ0v) is 16.3. The number of aliphatic carboxylic acids is 2. The van der Waals surface area contributed by atoms with Crippen LogP contribution in [-0.4, -0.2) is 87.8 Å². The molecule has 4 atom stereocenters. The molecule has 12 nitrogen and oxygen atoms in total. The van der Waals surface area contributed by atoms with Crippen LogP contribution in [0.2, 0.25) is 0 Å². The highest BCUT2D eigenvalue weighted by molar-refractivity contribution is 7.98. The smallest absolute Gasteiger partial charge is 0.325 e. The van der Waals surface area contributed by atoms with Gasteiger partial charge in [0.1, 0.15) is 18.1 Å². The first-order valence-electron chi connectivity index (χ1n) is 8.24. The SMILES string of the molecule is CSCCC(NC(=O)C(CO)NC(=O)C(N)CC(=O)O)C(=O)NC(C)C(=O)O. The molecule has 0 aromatic carbocycles. The first kappa shape index (κ1) is 25.6. The minimum atomic E-state index is -1.46. The average Bonchev–Trinajstić information content (AvgIpc) is 2.61. The molecule has 0 bridgehead atoms. The monoisotopic (exact) mass is 422 g/mol. The van der Waals surface area contributed by atoms with Gasteiger partial charge in [-0.15, -0.1) is 0 Å². The summed E-state index contributed by atoms with van der Waals surface area (Å²) in [5, 5.41) is 33.5. The van der Waals surface area contributed by atoms with E-state index >= 15 is 0 Å². The van der Waals surface area contributed by atoms with Crippen LogP contribution < -0.4 is 21.7 Å². The Morgan fingerprint density at radius 2 is 1.50 bits per heavy atom. The number of thioether (sulfide) groups is 1. The lowest BCUT2D eigenvalue weighted by atomic mass is 10.1. The fraction of sp³-hybridized carbons (Fsp3) is 0.667. The number of nitrogens with one attached hydrogen (secondary N) is 3. The molecule has 0 radical (unpaired) electrons. The van der Waals surface area contributed by atoms with Crippen molar-refractivity contribution in [2.75, 3.05) is 18.6 Å². The van der Waals surface area contributed by atoms with Gasteiger partial charge in [-0.3, -0.25) is 24.0 Å². The lowest BCUT2D eigenvalue weighted by molar-refractivity contribution is -0.141. The molecule has 0 aliphatic carbocycles. The Labute approximate surface area is 165 Å². The van der Waals surface area contributed by atoms with Gasteiger partial charge < -0.3 is 37.0 Å². The van der Waals surface area contributed by atoms with Crippen LogP contribution in [0.3, 0.4) is 0 Å². The maximum absolute atomic E-state index is 12.3.